The van der Waals surface area contributed by atoms with Gasteiger partial charge in [-0.05, 0) is 111 Å². The largest absolute Gasteiger partial charge is 0.395 e. The van der Waals surface area contributed by atoms with Gasteiger partial charge >= 0.3 is 0 Å². The van der Waals surface area contributed by atoms with Gasteiger partial charge in [-0.2, -0.15) is 0 Å². The average molecular weight is 613 g/mol. The average Bonchev–Trinajstić information content (AvgIpc) is 3.45. The lowest BCUT2D eigenvalue weighted by Crippen LogP contribution is -2.58. The quantitative estimate of drug-likeness (QED) is 0.407. The number of hydrogen-bond donors (Lipinski definition) is 3. The Morgan fingerprint density at radius 2 is 1.70 bits per heavy atom. The molecule has 0 aromatic rings. The van der Waals surface area contributed by atoms with Crippen molar-refractivity contribution in [2.45, 2.75) is 116 Å². The predicted molar refractivity (Wildman–Crippen MR) is 170 cm³/mol. The van der Waals surface area contributed by atoms with Crippen LogP contribution in [0.5, 0.6) is 0 Å². The fourth-order valence-corrected chi connectivity index (χ4v) is 12.5. The number of piperazine rings is 1. The highest BCUT2D eigenvalue weighted by atomic mass is 16.5. The van der Waals surface area contributed by atoms with Crippen LogP contribution in [-0.4, -0.2) is 90.5 Å². The van der Waals surface area contributed by atoms with Gasteiger partial charge in [-0.1, -0.05) is 27.7 Å². The topological polar surface area (TPSA) is 94.1 Å². The molecular weight excluding hydrogens is 552 g/mol. The standard InChI is InChI=1S/C36H60N4O4/c1-23-7-12-36(37-22-23)24(2)33-30(44-36)20-29-27-6-5-25-19-26(8-10-34(25,3)28(27)9-11-35(29,33)4)38-31(42)21-32(43)40-15-13-39(14-16-40)17-18-41/h23-30,33,37,41H,5-22H2,1-4H3,(H,38,42)/t23-,24+,25-,26?,27-,28+,29+,30+,33+,34+,35+,36-/m1/s1. The number of fused-ring (bicyclic) bond motifs is 7. The number of piperidine rings is 1. The van der Waals surface area contributed by atoms with E-state index in [4.69, 9.17) is 9.84 Å². The Hall–Kier alpha value is -1.22. The van der Waals surface area contributed by atoms with Crippen LogP contribution in [0, 0.1) is 52.3 Å². The summed E-state index contributed by atoms with van der Waals surface area (Å²) in [6.07, 6.45) is 12.7. The molecular formula is C36H60N4O4. The van der Waals surface area contributed by atoms with E-state index in [9.17, 15) is 9.59 Å². The van der Waals surface area contributed by atoms with Crippen molar-refractivity contribution in [2.75, 3.05) is 45.9 Å². The maximum absolute atomic E-state index is 13.0. The van der Waals surface area contributed by atoms with Crippen LogP contribution in [0.1, 0.15) is 98.3 Å². The van der Waals surface area contributed by atoms with Gasteiger partial charge in [0.05, 0.1) is 12.7 Å². The number of amides is 2. The van der Waals surface area contributed by atoms with E-state index in [0.717, 1.165) is 56.1 Å². The normalized spacial score (nSPS) is 48.8. The lowest BCUT2D eigenvalue weighted by Gasteiger charge is -2.61. The predicted octanol–water partition coefficient (Wildman–Crippen LogP) is 4.02. The second kappa shape index (κ2) is 11.8. The molecule has 2 amide bonds. The smallest absolute Gasteiger partial charge is 0.232 e. The van der Waals surface area contributed by atoms with Gasteiger partial charge in [0.1, 0.15) is 12.1 Å². The van der Waals surface area contributed by atoms with Gasteiger partial charge in [0.15, 0.2) is 0 Å². The van der Waals surface area contributed by atoms with Crippen molar-refractivity contribution in [1.82, 2.24) is 20.4 Å². The minimum atomic E-state index is -0.102. The van der Waals surface area contributed by atoms with Gasteiger partial charge in [-0.3, -0.25) is 19.8 Å². The summed E-state index contributed by atoms with van der Waals surface area (Å²) in [6, 6.07) is 0.196. The number of nitrogens with one attached hydrogen (secondary N) is 2. The maximum Gasteiger partial charge on any atom is 0.232 e. The highest BCUT2D eigenvalue weighted by Gasteiger charge is 2.68. The van der Waals surface area contributed by atoms with Gasteiger partial charge in [-0.15, -0.1) is 0 Å². The molecule has 4 saturated carbocycles. The minimum absolute atomic E-state index is 0.0396. The van der Waals surface area contributed by atoms with E-state index in [2.05, 4.69) is 43.2 Å². The van der Waals surface area contributed by atoms with Crippen molar-refractivity contribution in [3.63, 3.8) is 0 Å². The first-order valence-electron chi connectivity index (χ1n) is 18.4. The molecule has 8 nitrogen and oxygen atoms in total. The Morgan fingerprint density at radius 1 is 0.932 bits per heavy atom. The highest BCUT2D eigenvalue weighted by molar-refractivity contribution is 5.97. The molecule has 44 heavy (non-hydrogen) atoms. The third kappa shape index (κ3) is 5.16. The Morgan fingerprint density at radius 3 is 2.43 bits per heavy atom. The number of nitrogens with zero attached hydrogens (tertiary/aromatic N) is 2. The molecule has 3 heterocycles. The van der Waals surface area contributed by atoms with Crippen LogP contribution in [0.3, 0.4) is 0 Å². The van der Waals surface area contributed by atoms with Crippen LogP contribution in [0.4, 0.5) is 0 Å². The summed E-state index contributed by atoms with van der Waals surface area (Å²) in [5, 5.41) is 16.4. The molecule has 3 N–H and O–H groups in total. The van der Waals surface area contributed by atoms with E-state index in [-0.39, 0.29) is 36.6 Å². The van der Waals surface area contributed by atoms with E-state index >= 15 is 0 Å². The first-order valence-corrected chi connectivity index (χ1v) is 18.4. The number of rotatable bonds is 5. The van der Waals surface area contributed by atoms with E-state index in [1.807, 2.05) is 4.90 Å². The van der Waals surface area contributed by atoms with Gasteiger partial charge in [0, 0.05) is 51.2 Å². The zero-order chi connectivity index (χ0) is 30.9. The highest BCUT2D eigenvalue weighted by Crippen LogP contribution is 2.71. The molecule has 248 valence electrons. The molecule has 7 rings (SSSR count). The number of β-amino-alcohol motifs (C(OH)–C–C–N with tert-alkyl or cyclic N) is 1. The number of ether oxygens (including phenoxy) is 1. The Kier molecular flexibility index (Phi) is 8.41. The van der Waals surface area contributed by atoms with E-state index in [0.29, 0.717) is 54.3 Å². The summed E-state index contributed by atoms with van der Waals surface area (Å²) >= 11 is 0. The summed E-state index contributed by atoms with van der Waals surface area (Å²) in [5.74, 6) is 4.90. The van der Waals surface area contributed by atoms with Crippen molar-refractivity contribution >= 4 is 11.8 Å². The van der Waals surface area contributed by atoms with Gasteiger partial charge < -0.3 is 20.1 Å². The molecule has 7 aliphatic rings. The molecule has 7 fully saturated rings. The Labute approximate surface area is 265 Å². The minimum Gasteiger partial charge on any atom is -0.395 e. The lowest BCUT2D eigenvalue weighted by molar-refractivity contribution is -0.140. The molecule has 1 spiro atoms. The first-order chi connectivity index (χ1) is 21.1. The van der Waals surface area contributed by atoms with Crippen LogP contribution in [0.2, 0.25) is 0 Å². The molecule has 1 unspecified atom stereocenters. The second-order valence-electron chi connectivity index (χ2n) is 17.0. The maximum atomic E-state index is 13.0. The van der Waals surface area contributed by atoms with E-state index < -0.39 is 0 Å². The Bertz CT molecular complexity index is 1090. The Balaban J connectivity index is 0.943. The number of aliphatic hydroxyl groups is 1. The number of hydrogen-bond acceptors (Lipinski definition) is 6. The molecule has 8 heteroatoms. The second-order valence-corrected chi connectivity index (χ2v) is 17.0. The van der Waals surface area contributed by atoms with Crippen LogP contribution in [0.15, 0.2) is 0 Å². The summed E-state index contributed by atoms with van der Waals surface area (Å²) in [6.45, 7) is 14.8. The SMILES string of the molecule is C[C@@H]1CC[C@@]2(NC1)O[C@H]1C[C@H]3[C@@H]4CC[C@@H]5CC(NC(=O)CC(=O)N6CCN(CCO)CC6)CC[C@]5(C)[C@H]4CC[C@]3(C)[C@H]1[C@@H]2C. The molecule has 4 aliphatic carbocycles. The monoisotopic (exact) mass is 612 g/mol. The number of carbonyl (C=O) groups is 2. The molecule has 3 saturated heterocycles. The van der Waals surface area contributed by atoms with Crippen LogP contribution in [-0.2, 0) is 14.3 Å². The van der Waals surface area contributed by atoms with Gasteiger partial charge in [-0.25, -0.2) is 0 Å². The van der Waals surface area contributed by atoms with Crippen molar-refractivity contribution in [2.24, 2.45) is 52.3 Å². The fraction of sp³-hybridized carbons (Fsp3) is 0.944. The van der Waals surface area contributed by atoms with Crippen LogP contribution in [0.25, 0.3) is 0 Å². The van der Waals surface area contributed by atoms with E-state index in [1.54, 1.807) is 0 Å². The van der Waals surface area contributed by atoms with Crippen LogP contribution < -0.4 is 10.6 Å². The number of aliphatic hydroxyl groups excluding tert-OH is 1. The summed E-state index contributed by atoms with van der Waals surface area (Å²) in [7, 11) is 0. The summed E-state index contributed by atoms with van der Waals surface area (Å²) in [5.41, 5.74) is 0.674. The summed E-state index contributed by atoms with van der Waals surface area (Å²) < 4.78 is 7.09. The van der Waals surface area contributed by atoms with Crippen molar-refractivity contribution in [3.05, 3.63) is 0 Å². The fourth-order valence-electron chi connectivity index (χ4n) is 12.5. The lowest BCUT2D eigenvalue weighted by atomic mass is 9.44. The van der Waals surface area contributed by atoms with Gasteiger partial charge in [0.2, 0.25) is 11.8 Å². The van der Waals surface area contributed by atoms with Crippen LogP contribution >= 0.6 is 0 Å². The molecule has 0 bridgehead atoms. The molecule has 3 aliphatic heterocycles. The molecule has 0 radical (unpaired) electrons. The first kappa shape index (κ1) is 31.4. The van der Waals surface area contributed by atoms with Gasteiger partial charge in [0.25, 0.3) is 0 Å². The van der Waals surface area contributed by atoms with E-state index in [1.165, 1.54) is 51.4 Å². The summed E-state index contributed by atoms with van der Waals surface area (Å²) in [4.78, 5) is 29.8. The molecule has 0 aromatic carbocycles. The van der Waals surface area contributed by atoms with Crippen molar-refractivity contribution in [1.29, 1.82) is 0 Å². The van der Waals surface area contributed by atoms with Crippen molar-refractivity contribution in [3.8, 4) is 0 Å². The third-order valence-corrected chi connectivity index (χ3v) is 15.0. The number of carbonyl (C=O) groups excluding carboxylic acids is 2. The zero-order valence-electron chi connectivity index (χ0n) is 28.0. The third-order valence-electron chi connectivity index (χ3n) is 15.0. The molecule has 12 atom stereocenters. The zero-order valence-corrected chi connectivity index (χ0v) is 28.0. The van der Waals surface area contributed by atoms with Crippen molar-refractivity contribution < 1.29 is 19.4 Å². The molecule has 0 aromatic heterocycles.